The summed E-state index contributed by atoms with van der Waals surface area (Å²) in [5.41, 5.74) is 0. The number of hydrogen-bond acceptors (Lipinski definition) is 2. The Morgan fingerprint density at radius 3 is 2.31 bits per heavy atom. The largest absolute Gasteiger partial charge is 0.353 e. The first kappa shape index (κ1) is 12.2. The monoisotopic (exact) mass is 244 g/mol. The molecule has 2 atom stereocenters. The molecular formula is C12H21ClN2O. The minimum atomic E-state index is 0. The molecule has 92 valence electrons. The molecule has 2 bridgehead atoms. The van der Waals surface area contributed by atoms with E-state index in [0.29, 0.717) is 30.0 Å². The third kappa shape index (κ3) is 2.89. The van der Waals surface area contributed by atoms with E-state index in [0.717, 1.165) is 6.42 Å². The zero-order valence-electron chi connectivity index (χ0n) is 9.58. The Morgan fingerprint density at radius 1 is 1.12 bits per heavy atom. The molecule has 2 unspecified atom stereocenters. The fourth-order valence-electron chi connectivity index (χ4n) is 3.12. The Hall–Kier alpha value is -0.280. The van der Waals surface area contributed by atoms with Crippen LogP contribution in [0.4, 0.5) is 0 Å². The highest BCUT2D eigenvalue weighted by atomic mass is 35.5. The molecule has 2 aliphatic heterocycles. The molecule has 1 amide bonds. The lowest BCUT2D eigenvalue weighted by molar-refractivity contribution is -0.122. The number of piperidine rings is 1. The molecule has 0 spiro atoms. The van der Waals surface area contributed by atoms with Crippen molar-refractivity contribution in [3.05, 3.63) is 0 Å². The Kier molecular flexibility index (Phi) is 3.75. The van der Waals surface area contributed by atoms with Crippen molar-refractivity contribution in [3.63, 3.8) is 0 Å². The maximum atomic E-state index is 11.7. The normalized spacial score (nSPS) is 36.6. The summed E-state index contributed by atoms with van der Waals surface area (Å²) < 4.78 is 0. The van der Waals surface area contributed by atoms with Gasteiger partial charge in [0.15, 0.2) is 0 Å². The van der Waals surface area contributed by atoms with E-state index < -0.39 is 0 Å². The third-order valence-electron chi connectivity index (χ3n) is 3.99. The van der Waals surface area contributed by atoms with Gasteiger partial charge in [-0.05, 0) is 44.4 Å². The van der Waals surface area contributed by atoms with Crippen molar-refractivity contribution in [1.29, 1.82) is 0 Å². The average Bonchev–Trinajstić information content (AvgIpc) is 2.92. The molecule has 0 aromatic carbocycles. The van der Waals surface area contributed by atoms with Gasteiger partial charge in [0.05, 0.1) is 0 Å². The van der Waals surface area contributed by atoms with Crippen molar-refractivity contribution in [2.45, 2.75) is 63.1 Å². The van der Waals surface area contributed by atoms with Crippen molar-refractivity contribution in [1.82, 2.24) is 10.6 Å². The van der Waals surface area contributed by atoms with Gasteiger partial charge in [-0.1, -0.05) is 0 Å². The first-order chi connectivity index (χ1) is 7.29. The van der Waals surface area contributed by atoms with Gasteiger partial charge in [-0.15, -0.1) is 12.4 Å². The van der Waals surface area contributed by atoms with Crippen molar-refractivity contribution in [2.24, 2.45) is 5.92 Å². The minimum Gasteiger partial charge on any atom is -0.353 e. The zero-order valence-corrected chi connectivity index (χ0v) is 10.4. The molecule has 2 N–H and O–H groups in total. The van der Waals surface area contributed by atoms with Crippen LogP contribution in [0.15, 0.2) is 0 Å². The standard InChI is InChI=1S/C12H20N2O.ClH/c15-12(14-9-1-2-9)7-8-5-10-3-4-11(6-8)13-10;/h8-11,13H,1-7H2,(H,14,15);1H. The van der Waals surface area contributed by atoms with Crippen LogP contribution in [-0.4, -0.2) is 24.0 Å². The molecule has 3 aliphatic rings. The third-order valence-corrected chi connectivity index (χ3v) is 3.99. The quantitative estimate of drug-likeness (QED) is 0.792. The van der Waals surface area contributed by atoms with Crippen LogP contribution >= 0.6 is 12.4 Å². The van der Waals surface area contributed by atoms with Crippen LogP contribution in [0.1, 0.15) is 44.9 Å². The number of amides is 1. The van der Waals surface area contributed by atoms with Crippen molar-refractivity contribution >= 4 is 18.3 Å². The highest BCUT2D eigenvalue weighted by Gasteiger charge is 2.34. The first-order valence-electron chi connectivity index (χ1n) is 6.35. The van der Waals surface area contributed by atoms with E-state index >= 15 is 0 Å². The lowest BCUT2D eigenvalue weighted by Crippen LogP contribution is -2.39. The Balaban J connectivity index is 0.000000963. The predicted molar refractivity (Wildman–Crippen MR) is 65.7 cm³/mol. The fourth-order valence-corrected chi connectivity index (χ4v) is 3.12. The summed E-state index contributed by atoms with van der Waals surface area (Å²) >= 11 is 0. The SMILES string of the molecule is Cl.O=C(CC1CC2CCC(C1)N2)NC1CC1. The summed E-state index contributed by atoms with van der Waals surface area (Å²) in [6, 6.07) is 1.95. The second kappa shape index (κ2) is 4.92. The number of hydrogen-bond donors (Lipinski definition) is 2. The summed E-state index contributed by atoms with van der Waals surface area (Å²) in [4.78, 5) is 11.7. The molecular weight excluding hydrogens is 224 g/mol. The van der Waals surface area contributed by atoms with E-state index in [2.05, 4.69) is 10.6 Å². The number of nitrogens with one attached hydrogen (secondary N) is 2. The van der Waals surface area contributed by atoms with Crippen molar-refractivity contribution in [2.75, 3.05) is 0 Å². The predicted octanol–water partition coefficient (Wildman–Crippen LogP) is 1.61. The molecule has 3 fully saturated rings. The van der Waals surface area contributed by atoms with Gasteiger partial charge in [-0.3, -0.25) is 4.79 Å². The van der Waals surface area contributed by atoms with Gasteiger partial charge in [0, 0.05) is 24.5 Å². The Labute approximate surface area is 103 Å². The van der Waals surface area contributed by atoms with E-state index in [9.17, 15) is 4.79 Å². The molecule has 2 heterocycles. The minimum absolute atomic E-state index is 0. The molecule has 16 heavy (non-hydrogen) atoms. The van der Waals surface area contributed by atoms with Gasteiger partial charge in [0.25, 0.3) is 0 Å². The van der Waals surface area contributed by atoms with Crippen LogP contribution in [0.2, 0.25) is 0 Å². The molecule has 3 nitrogen and oxygen atoms in total. The molecule has 0 aromatic rings. The van der Waals surface area contributed by atoms with Crippen LogP contribution in [0, 0.1) is 5.92 Å². The molecule has 0 radical (unpaired) electrons. The Bertz CT molecular complexity index is 256. The summed E-state index contributed by atoms with van der Waals surface area (Å²) in [5.74, 6) is 0.936. The van der Waals surface area contributed by atoms with E-state index in [-0.39, 0.29) is 12.4 Å². The van der Waals surface area contributed by atoms with Gasteiger partial charge in [0.1, 0.15) is 0 Å². The summed E-state index contributed by atoms with van der Waals surface area (Å²) in [6.45, 7) is 0. The van der Waals surface area contributed by atoms with Gasteiger partial charge in [-0.2, -0.15) is 0 Å². The molecule has 0 aromatic heterocycles. The van der Waals surface area contributed by atoms with Crippen LogP contribution in [0.25, 0.3) is 0 Å². The average molecular weight is 245 g/mol. The lowest BCUT2D eigenvalue weighted by Gasteiger charge is -2.28. The van der Waals surface area contributed by atoms with Crippen molar-refractivity contribution < 1.29 is 4.79 Å². The topological polar surface area (TPSA) is 41.1 Å². The number of rotatable bonds is 3. The molecule has 1 aliphatic carbocycles. The molecule has 3 rings (SSSR count). The number of halogens is 1. The second-order valence-electron chi connectivity index (χ2n) is 5.52. The lowest BCUT2D eigenvalue weighted by atomic mass is 9.89. The molecule has 2 saturated heterocycles. The van der Waals surface area contributed by atoms with E-state index in [1.54, 1.807) is 0 Å². The van der Waals surface area contributed by atoms with Crippen LogP contribution in [-0.2, 0) is 4.79 Å². The van der Waals surface area contributed by atoms with E-state index in [1.165, 1.54) is 38.5 Å². The van der Waals surface area contributed by atoms with Gasteiger partial charge in [0.2, 0.25) is 5.91 Å². The zero-order chi connectivity index (χ0) is 10.3. The maximum absolute atomic E-state index is 11.7. The first-order valence-corrected chi connectivity index (χ1v) is 6.35. The van der Waals surface area contributed by atoms with Crippen LogP contribution in [0.3, 0.4) is 0 Å². The Morgan fingerprint density at radius 2 is 1.75 bits per heavy atom. The second-order valence-corrected chi connectivity index (χ2v) is 5.52. The smallest absolute Gasteiger partial charge is 0.220 e. The highest BCUT2D eigenvalue weighted by molar-refractivity contribution is 5.85. The fraction of sp³-hybridized carbons (Fsp3) is 0.917. The van der Waals surface area contributed by atoms with Gasteiger partial charge < -0.3 is 10.6 Å². The number of carbonyl (C=O) groups excluding carboxylic acids is 1. The summed E-state index contributed by atoms with van der Waals surface area (Å²) in [6.07, 6.45) is 8.25. The van der Waals surface area contributed by atoms with Crippen LogP contribution < -0.4 is 10.6 Å². The highest BCUT2D eigenvalue weighted by Crippen LogP contribution is 2.32. The maximum Gasteiger partial charge on any atom is 0.220 e. The molecule has 1 saturated carbocycles. The van der Waals surface area contributed by atoms with E-state index in [1.807, 2.05) is 0 Å². The molecule has 4 heteroatoms. The summed E-state index contributed by atoms with van der Waals surface area (Å²) in [7, 11) is 0. The van der Waals surface area contributed by atoms with Crippen LogP contribution in [0.5, 0.6) is 0 Å². The van der Waals surface area contributed by atoms with Crippen molar-refractivity contribution in [3.8, 4) is 0 Å². The van der Waals surface area contributed by atoms with Gasteiger partial charge >= 0.3 is 0 Å². The number of fused-ring (bicyclic) bond motifs is 2. The van der Waals surface area contributed by atoms with Gasteiger partial charge in [-0.25, -0.2) is 0 Å². The summed E-state index contributed by atoms with van der Waals surface area (Å²) in [5, 5.41) is 6.71. The van der Waals surface area contributed by atoms with E-state index in [4.69, 9.17) is 0 Å². The number of carbonyl (C=O) groups is 1.